The number of nitrogens with zero attached hydrogens (tertiary/aromatic N) is 1. The van der Waals surface area contributed by atoms with E-state index in [0.29, 0.717) is 0 Å². The minimum absolute atomic E-state index is 0.0602. The van der Waals surface area contributed by atoms with Gasteiger partial charge in [0.05, 0.1) is 5.57 Å². The van der Waals surface area contributed by atoms with E-state index in [-0.39, 0.29) is 28.3 Å². The molecule has 0 aliphatic heterocycles. The zero-order chi connectivity index (χ0) is 11.9. The van der Waals surface area contributed by atoms with Crippen LogP contribution in [0.25, 0.3) is 5.76 Å². The second kappa shape index (κ2) is 3.37. The Kier molecular flexibility index (Phi) is 2.16. The minimum Gasteiger partial charge on any atom is -0.506 e. The van der Waals surface area contributed by atoms with Crippen LogP contribution < -0.4 is 0 Å². The van der Waals surface area contributed by atoms with Crippen molar-refractivity contribution in [3.05, 3.63) is 35.2 Å². The smallest absolute Gasteiger partial charge is 0.252 e. The first-order valence-corrected chi connectivity index (χ1v) is 4.57. The number of aromatic nitrogens is 1. The number of carbonyl (C=O) groups excluding carboxylic acids is 2. The number of carbonyl (C=O) groups is 2. The van der Waals surface area contributed by atoms with Gasteiger partial charge in [0.2, 0.25) is 5.78 Å². The summed E-state index contributed by atoms with van der Waals surface area (Å²) >= 11 is 0. The highest BCUT2D eigenvalue weighted by atomic mass is 16.3. The fourth-order valence-electron chi connectivity index (χ4n) is 1.59. The molecule has 2 N–H and O–H groups in total. The Bertz CT molecular complexity index is 558. The largest absolute Gasteiger partial charge is 0.506 e. The third-order valence-electron chi connectivity index (χ3n) is 2.32. The van der Waals surface area contributed by atoms with Crippen LogP contribution in [-0.2, 0) is 4.79 Å². The van der Waals surface area contributed by atoms with Crippen molar-refractivity contribution < 1.29 is 14.7 Å². The van der Waals surface area contributed by atoms with E-state index >= 15 is 0 Å². The highest BCUT2D eigenvalue weighted by Crippen LogP contribution is 2.26. The quantitative estimate of drug-likeness (QED) is 0.544. The Labute approximate surface area is 90.9 Å². The number of pyridine rings is 1. The summed E-state index contributed by atoms with van der Waals surface area (Å²) in [5.41, 5.74) is -0.237. The van der Waals surface area contributed by atoms with E-state index in [9.17, 15) is 14.7 Å². The van der Waals surface area contributed by atoms with Crippen LogP contribution in [0.2, 0.25) is 0 Å². The van der Waals surface area contributed by atoms with Crippen molar-refractivity contribution in [2.45, 2.75) is 6.92 Å². The average molecular weight is 216 g/mol. The predicted molar refractivity (Wildman–Crippen MR) is 56.5 cm³/mol. The molecule has 16 heavy (non-hydrogen) atoms. The van der Waals surface area contributed by atoms with E-state index in [1.807, 2.05) is 0 Å². The zero-order valence-corrected chi connectivity index (χ0v) is 8.44. The lowest BCUT2D eigenvalue weighted by Gasteiger charge is -2.15. The Morgan fingerprint density at radius 3 is 2.69 bits per heavy atom. The maximum absolute atomic E-state index is 11.6. The fraction of sp³-hybridized carbons (Fsp3) is 0.0909. The molecule has 0 aromatic carbocycles. The van der Waals surface area contributed by atoms with Gasteiger partial charge in [0, 0.05) is 17.5 Å². The fourth-order valence-corrected chi connectivity index (χ4v) is 1.59. The van der Waals surface area contributed by atoms with Crippen LogP contribution in [0.1, 0.15) is 23.0 Å². The lowest BCUT2D eigenvalue weighted by atomic mass is 9.90. The summed E-state index contributed by atoms with van der Waals surface area (Å²) in [7, 11) is 0. The molecule has 1 aromatic heterocycles. The highest BCUT2D eigenvalue weighted by Gasteiger charge is 2.34. The molecule has 0 amide bonds. The van der Waals surface area contributed by atoms with Gasteiger partial charge in [0.1, 0.15) is 11.5 Å². The van der Waals surface area contributed by atoms with Gasteiger partial charge in [0.25, 0.3) is 5.78 Å². The second-order valence-electron chi connectivity index (χ2n) is 3.41. The first-order chi connectivity index (χ1) is 7.54. The summed E-state index contributed by atoms with van der Waals surface area (Å²) in [5.74, 6) is -2.01. The number of Topliss-reactive ketones (excluding diaryl/α,β-unsaturated/α-hetero) is 2. The first kappa shape index (κ1) is 10.2. The molecule has 5 heteroatoms. The maximum Gasteiger partial charge on any atom is 0.252 e. The molecule has 0 saturated heterocycles. The molecular formula is C11H8N2O3. The van der Waals surface area contributed by atoms with Gasteiger partial charge >= 0.3 is 0 Å². The Morgan fingerprint density at radius 1 is 1.38 bits per heavy atom. The number of hydrogen-bond donors (Lipinski definition) is 2. The van der Waals surface area contributed by atoms with Crippen LogP contribution in [-0.4, -0.2) is 27.4 Å². The maximum atomic E-state index is 11.6. The van der Waals surface area contributed by atoms with Gasteiger partial charge in [-0.15, -0.1) is 0 Å². The summed E-state index contributed by atoms with van der Waals surface area (Å²) in [6.07, 6.45) is 1.37. The van der Waals surface area contributed by atoms with Gasteiger partial charge < -0.3 is 10.5 Å². The van der Waals surface area contributed by atoms with Crippen molar-refractivity contribution in [3.63, 3.8) is 0 Å². The van der Waals surface area contributed by atoms with Crippen molar-refractivity contribution in [1.82, 2.24) is 4.98 Å². The molecule has 0 fully saturated rings. The third kappa shape index (κ3) is 1.25. The van der Waals surface area contributed by atoms with Crippen molar-refractivity contribution in [3.8, 4) is 0 Å². The first-order valence-electron chi connectivity index (χ1n) is 4.57. The van der Waals surface area contributed by atoms with E-state index in [1.165, 1.54) is 19.2 Å². The second-order valence-corrected chi connectivity index (χ2v) is 3.41. The predicted octanol–water partition coefficient (Wildman–Crippen LogP) is 1.16. The van der Waals surface area contributed by atoms with Crippen LogP contribution in [0.15, 0.2) is 23.9 Å². The standard InChI is InChI=1S/C11H8N2O3/c1-5(12)7-9(14)6-3-2-4-13-8(6)11(16)10(7)15/h2-4,12,14H,1H3. The van der Waals surface area contributed by atoms with Gasteiger partial charge in [-0.25, -0.2) is 0 Å². The van der Waals surface area contributed by atoms with E-state index in [1.54, 1.807) is 6.07 Å². The molecule has 0 unspecified atom stereocenters. The molecule has 5 nitrogen and oxygen atoms in total. The summed E-state index contributed by atoms with van der Waals surface area (Å²) < 4.78 is 0. The molecule has 0 spiro atoms. The number of fused-ring (bicyclic) bond motifs is 1. The van der Waals surface area contributed by atoms with Gasteiger partial charge in [-0.05, 0) is 19.1 Å². The SMILES string of the molecule is CC(=N)C1=C(O)c2cccnc2C(=O)C1=O. The van der Waals surface area contributed by atoms with Crippen LogP contribution >= 0.6 is 0 Å². The molecule has 1 heterocycles. The molecule has 80 valence electrons. The molecule has 2 rings (SSSR count). The lowest BCUT2D eigenvalue weighted by molar-refractivity contribution is -0.111. The van der Waals surface area contributed by atoms with E-state index < -0.39 is 11.6 Å². The van der Waals surface area contributed by atoms with Crippen LogP contribution in [0.5, 0.6) is 0 Å². The minimum atomic E-state index is -0.879. The van der Waals surface area contributed by atoms with Gasteiger partial charge in [-0.3, -0.25) is 14.6 Å². The summed E-state index contributed by atoms with van der Waals surface area (Å²) in [5, 5.41) is 17.2. The lowest BCUT2D eigenvalue weighted by Crippen LogP contribution is -2.28. The van der Waals surface area contributed by atoms with E-state index in [4.69, 9.17) is 5.41 Å². The van der Waals surface area contributed by atoms with Crippen molar-refractivity contribution in [1.29, 1.82) is 5.41 Å². The third-order valence-corrected chi connectivity index (χ3v) is 2.32. The summed E-state index contributed by atoms with van der Waals surface area (Å²) in [6, 6.07) is 3.04. The van der Waals surface area contributed by atoms with Crippen molar-refractivity contribution in [2.75, 3.05) is 0 Å². The molecular weight excluding hydrogens is 208 g/mol. The Balaban J connectivity index is 2.79. The topological polar surface area (TPSA) is 91.1 Å². The highest BCUT2D eigenvalue weighted by molar-refractivity contribution is 6.57. The molecule has 1 aromatic rings. The monoisotopic (exact) mass is 216 g/mol. The van der Waals surface area contributed by atoms with Crippen molar-refractivity contribution >= 4 is 23.0 Å². The van der Waals surface area contributed by atoms with E-state index in [2.05, 4.69) is 4.98 Å². The molecule has 0 saturated carbocycles. The summed E-state index contributed by atoms with van der Waals surface area (Å²) in [6.45, 7) is 1.35. The van der Waals surface area contributed by atoms with Crippen LogP contribution in [0.4, 0.5) is 0 Å². The molecule has 0 bridgehead atoms. The molecule has 1 aliphatic rings. The summed E-state index contributed by atoms with van der Waals surface area (Å²) in [4.78, 5) is 27.0. The normalized spacial score (nSPS) is 15.1. The number of rotatable bonds is 1. The zero-order valence-electron chi connectivity index (χ0n) is 8.44. The Hall–Kier alpha value is -2.30. The molecule has 0 atom stereocenters. The molecule has 1 aliphatic carbocycles. The van der Waals surface area contributed by atoms with Crippen LogP contribution in [0, 0.1) is 5.41 Å². The number of allylic oxidation sites excluding steroid dienone is 1. The number of aliphatic hydroxyl groups excluding tert-OH is 1. The number of ketones is 2. The average Bonchev–Trinajstić information content (AvgIpc) is 2.26. The van der Waals surface area contributed by atoms with Crippen molar-refractivity contribution in [2.24, 2.45) is 0 Å². The van der Waals surface area contributed by atoms with Gasteiger partial charge in [0.15, 0.2) is 0 Å². The van der Waals surface area contributed by atoms with Gasteiger partial charge in [-0.1, -0.05) is 0 Å². The molecule has 0 radical (unpaired) electrons. The number of aliphatic hydroxyl groups is 1. The Morgan fingerprint density at radius 2 is 2.06 bits per heavy atom. The number of hydrogen-bond acceptors (Lipinski definition) is 5. The van der Waals surface area contributed by atoms with Gasteiger partial charge in [-0.2, -0.15) is 0 Å². The number of nitrogens with one attached hydrogen (secondary N) is 1. The van der Waals surface area contributed by atoms with Crippen LogP contribution in [0.3, 0.4) is 0 Å². The van der Waals surface area contributed by atoms with E-state index in [0.717, 1.165) is 0 Å².